The summed E-state index contributed by atoms with van der Waals surface area (Å²) in [4.78, 5) is 4.77. The van der Waals surface area contributed by atoms with Crippen LogP contribution in [0.1, 0.15) is 25.7 Å². The van der Waals surface area contributed by atoms with Gasteiger partial charge in [0, 0.05) is 30.7 Å². The van der Waals surface area contributed by atoms with Crippen molar-refractivity contribution in [1.29, 1.82) is 0 Å². The molecule has 18 heavy (non-hydrogen) atoms. The Labute approximate surface area is 111 Å². The lowest BCUT2D eigenvalue weighted by Crippen LogP contribution is -2.57. The molecule has 0 aromatic carbocycles. The van der Waals surface area contributed by atoms with Crippen molar-refractivity contribution in [2.45, 2.75) is 31.2 Å². The molecule has 0 bridgehead atoms. The topological polar surface area (TPSA) is 35.9 Å². The molecule has 4 nitrogen and oxygen atoms in total. The van der Waals surface area contributed by atoms with E-state index >= 15 is 0 Å². The van der Waals surface area contributed by atoms with E-state index < -0.39 is 0 Å². The van der Waals surface area contributed by atoms with E-state index in [-0.39, 0.29) is 12.0 Å². The average molecular weight is 256 g/mol. The largest absolute Gasteiger partial charge is 0.396 e. The summed E-state index contributed by atoms with van der Waals surface area (Å²) in [5.74, 6) is 0. The molecular weight excluding hydrogens is 228 g/mol. The minimum atomic E-state index is -0.0218. The zero-order valence-corrected chi connectivity index (χ0v) is 12.1. The number of rotatable bonds is 6. The Morgan fingerprint density at radius 1 is 1.11 bits per heavy atom. The summed E-state index contributed by atoms with van der Waals surface area (Å²) in [6.07, 6.45) is 4.93. The third kappa shape index (κ3) is 2.72. The summed E-state index contributed by atoms with van der Waals surface area (Å²) in [6.45, 7) is 3.79. The first-order chi connectivity index (χ1) is 8.52. The molecule has 1 unspecified atom stereocenters. The maximum Gasteiger partial charge on any atom is 0.0557 e. The number of aliphatic hydroxyl groups is 1. The molecule has 0 radical (unpaired) electrons. The number of aliphatic hydroxyl groups excluding tert-OH is 1. The second-order valence-electron chi connectivity index (χ2n) is 6.61. The predicted octanol–water partition coefficient (Wildman–Crippen LogP) is 0.801. The fourth-order valence-corrected chi connectivity index (χ4v) is 3.41. The SMILES string of the molecule is CN(CC1(CO)CCOC1)CC1(N(C)C)CCC1. The van der Waals surface area contributed by atoms with Gasteiger partial charge in [0.05, 0.1) is 13.2 Å². The molecule has 0 aromatic rings. The van der Waals surface area contributed by atoms with E-state index in [0.717, 1.165) is 26.1 Å². The number of hydrogen-bond donors (Lipinski definition) is 1. The molecule has 1 saturated carbocycles. The Kier molecular flexibility index (Phi) is 4.32. The van der Waals surface area contributed by atoms with Crippen molar-refractivity contribution < 1.29 is 9.84 Å². The summed E-state index contributed by atoms with van der Waals surface area (Å²) >= 11 is 0. The highest BCUT2D eigenvalue weighted by Crippen LogP contribution is 2.37. The van der Waals surface area contributed by atoms with Gasteiger partial charge in [-0.05, 0) is 46.8 Å². The molecule has 0 amide bonds. The van der Waals surface area contributed by atoms with Gasteiger partial charge in [-0.2, -0.15) is 0 Å². The molecule has 1 aliphatic carbocycles. The van der Waals surface area contributed by atoms with Crippen LogP contribution in [0, 0.1) is 5.41 Å². The summed E-state index contributed by atoms with van der Waals surface area (Å²) in [5.41, 5.74) is 0.344. The molecular formula is C14H28N2O2. The predicted molar refractivity (Wildman–Crippen MR) is 72.7 cm³/mol. The quantitative estimate of drug-likeness (QED) is 0.762. The van der Waals surface area contributed by atoms with Crippen LogP contribution in [0.2, 0.25) is 0 Å². The summed E-state index contributed by atoms with van der Waals surface area (Å²) < 4.78 is 5.47. The number of likely N-dealkylation sites (N-methyl/N-ethyl adjacent to an activating group) is 2. The second kappa shape index (κ2) is 5.45. The van der Waals surface area contributed by atoms with Gasteiger partial charge < -0.3 is 19.6 Å². The van der Waals surface area contributed by atoms with Crippen molar-refractivity contribution in [3.05, 3.63) is 0 Å². The smallest absolute Gasteiger partial charge is 0.0557 e. The molecule has 1 heterocycles. The Morgan fingerprint density at radius 3 is 2.22 bits per heavy atom. The van der Waals surface area contributed by atoms with Gasteiger partial charge in [-0.25, -0.2) is 0 Å². The summed E-state index contributed by atoms with van der Waals surface area (Å²) in [7, 11) is 6.56. The molecule has 106 valence electrons. The van der Waals surface area contributed by atoms with Crippen LogP contribution in [0.5, 0.6) is 0 Å². The molecule has 0 aromatic heterocycles. The van der Waals surface area contributed by atoms with E-state index in [1.807, 2.05) is 0 Å². The van der Waals surface area contributed by atoms with Crippen LogP contribution in [-0.4, -0.2) is 74.5 Å². The Morgan fingerprint density at radius 2 is 1.83 bits per heavy atom. The standard InChI is InChI=1S/C14H28N2O2/c1-15(2)14(5-4-6-14)10-16(3)9-13(11-17)7-8-18-12-13/h17H,4-12H2,1-3H3. The molecule has 2 fully saturated rings. The van der Waals surface area contributed by atoms with Crippen molar-refractivity contribution in [2.24, 2.45) is 5.41 Å². The number of ether oxygens (including phenoxy) is 1. The highest BCUT2D eigenvalue weighted by atomic mass is 16.5. The molecule has 4 heteroatoms. The van der Waals surface area contributed by atoms with Crippen LogP contribution in [0.3, 0.4) is 0 Å². The Hall–Kier alpha value is -0.160. The van der Waals surface area contributed by atoms with Crippen molar-refractivity contribution in [1.82, 2.24) is 9.80 Å². The first kappa shape index (κ1) is 14.3. The van der Waals surface area contributed by atoms with E-state index in [0.29, 0.717) is 12.1 Å². The molecule has 2 aliphatic rings. The Balaban J connectivity index is 1.89. The summed E-state index contributed by atoms with van der Waals surface area (Å²) in [5, 5.41) is 9.63. The highest BCUT2D eigenvalue weighted by Gasteiger charge is 2.42. The van der Waals surface area contributed by atoms with Gasteiger partial charge in [-0.15, -0.1) is 0 Å². The first-order valence-corrected chi connectivity index (χ1v) is 7.07. The van der Waals surface area contributed by atoms with Gasteiger partial charge in [-0.3, -0.25) is 0 Å². The normalized spacial score (nSPS) is 31.0. The molecule has 1 aliphatic heterocycles. The van der Waals surface area contributed by atoms with Crippen LogP contribution >= 0.6 is 0 Å². The summed E-state index contributed by atoms with van der Waals surface area (Å²) in [6, 6.07) is 0. The van der Waals surface area contributed by atoms with Gasteiger partial charge in [0.25, 0.3) is 0 Å². The lowest BCUT2D eigenvalue weighted by atomic mass is 9.75. The molecule has 0 spiro atoms. The van der Waals surface area contributed by atoms with E-state index in [4.69, 9.17) is 4.74 Å². The van der Waals surface area contributed by atoms with E-state index in [1.54, 1.807) is 0 Å². The maximum atomic E-state index is 9.63. The molecule has 2 rings (SSSR count). The van der Waals surface area contributed by atoms with Gasteiger partial charge in [0.15, 0.2) is 0 Å². The first-order valence-electron chi connectivity index (χ1n) is 7.07. The number of nitrogens with zero attached hydrogens (tertiary/aromatic N) is 2. The molecule has 1 atom stereocenters. The monoisotopic (exact) mass is 256 g/mol. The van der Waals surface area contributed by atoms with Crippen molar-refractivity contribution >= 4 is 0 Å². The fraction of sp³-hybridized carbons (Fsp3) is 1.00. The van der Waals surface area contributed by atoms with Crippen LogP contribution in [0.4, 0.5) is 0 Å². The molecule has 1 N–H and O–H groups in total. The van der Waals surface area contributed by atoms with Crippen LogP contribution in [0.15, 0.2) is 0 Å². The Bertz CT molecular complexity index is 264. The lowest BCUT2D eigenvalue weighted by molar-refractivity contribution is 0.00334. The van der Waals surface area contributed by atoms with Gasteiger partial charge in [0.1, 0.15) is 0 Å². The third-order valence-electron chi connectivity index (χ3n) is 4.92. The number of hydrogen-bond acceptors (Lipinski definition) is 4. The van der Waals surface area contributed by atoms with E-state index in [2.05, 4.69) is 30.9 Å². The van der Waals surface area contributed by atoms with Crippen molar-refractivity contribution in [2.75, 3.05) is 54.1 Å². The minimum Gasteiger partial charge on any atom is -0.396 e. The van der Waals surface area contributed by atoms with E-state index in [9.17, 15) is 5.11 Å². The maximum absolute atomic E-state index is 9.63. The van der Waals surface area contributed by atoms with Gasteiger partial charge in [-0.1, -0.05) is 0 Å². The minimum absolute atomic E-state index is 0.0218. The van der Waals surface area contributed by atoms with Gasteiger partial charge in [0.2, 0.25) is 0 Å². The van der Waals surface area contributed by atoms with Gasteiger partial charge >= 0.3 is 0 Å². The third-order valence-corrected chi connectivity index (χ3v) is 4.92. The van der Waals surface area contributed by atoms with Crippen molar-refractivity contribution in [3.8, 4) is 0 Å². The fourth-order valence-electron chi connectivity index (χ4n) is 3.41. The van der Waals surface area contributed by atoms with Crippen molar-refractivity contribution in [3.63, 3.8) is 0 Å². The van der Waals surface area contributed by atoms with E-state index in [1.165, 1.54) is 19.3 Å². The zero-order chi connectivity index (χ0) is 13.2. The average Bonchev–Trinajstić information content (AvgIpc) is 2.72. The second-order valence-corrected chi connectivity index (χ2v) is 6.61. The van der Waals surface area contributed by atoms with Crippen LogP contribution < -0.4 is 0 Å². The van der Waals surface area contributed by atoms with Crippen LogP contribution in [-0.2, 0) is 4.74 Å². The molecule has 1 saturated heterocycles. The highest BCUT2D eigenvalue weighted by molar-refractivity contribution is 4.98. The zero-order valence-electron chi connectivity index (χ0n) is 12.1. The van der Waals surface area contributed by atoms with Crippen LogP contribution in [0.25, 0.3) is 0 Å². The lowest BCUT2D eigenvalue weighted by Gasteiger charge is -2.50.